The van der Waals surface area contributed by atoms with Crippen LogP contribution in [0.3, 0.4) is 0 Å². The number of methoxy groups -OCH3 is 1. The summed E-state index contributed by atoms with van der Waals surface area (Å²) in [5, 5.41) is 0. The van der Waals surface area contributed by atoms with Crippen molar-refractivity contribution in [1.82, 2.24) is 9.88 Å². The highest BCUT2D eigenvalue weighted by molar-refractivity contribution is 5.89. The van der Waals surface area contributed by atoms with E-state index in [2.05, 4.69) is 24.0 Å². The summed E-state index contributed by atoms with van der Waals surface area (Å²) in [5.41, 5.74) is 0.823. The summed E-state index contributed by atoms with van der Waals surface area (Å²) in [6.45, 7) is 0.859. The van der Waals surface area contributed by atoms with Crippen LogP contribution in [0.4, 0.5) is 0 Å². The highest BCUT2D eigenvalue weighted by Gasteiger charge is 2.46. The Hall–Kier alpha value is -2.40. The van der Waals surface area contributed by atoms with Gasteiger partial charge in [0.05, 0.1) is 12.7 Å². The van der Waals surface area contributed by atoms with E-state index in [0.717, 1.165) is 43.5 Å². The van der Waals surface area contributed by atoms with Gasteiger partial charge in [0, 0.05) is 24.9 Å². The number of aromatic nitrogens is 1. The molecule has 2 atom stereocenters. The second-order valence-corrected chi connectivity index (χ2v) is 7.46. The minimum absolute atomic E-state index is 0.217. The van der Waals surface area contributed by atoms with E-state index in [1.807, 2.05) is 24.3 Å². The average molecular weight is 368 g/mol. The quantitative estimate of drug-likeness (QED) is 0.724. The van der Waals surface area contributed by atoms with Crippen LogP contribution < -0.4 is 4.74 Å². The number of pyridine rings is 1. The summed E-state index contributed by atoms with van der Waals surface area (Å²) in [6.07, 6.45) is 7.23. The fraction of sp³-hybridized carbons (Fsp3) is 0.455. The molecule has 1 aromatic carbocycles. The lowest BCUT2D eigenvalue weighted by atomic mass is 9.71. The van der Waals surface area contributed by atoms with Crippen molar-refractivity contribution >= 4 is 5.97 Å². The van der Waals surface area contributed by atoms with Gasteiger partial charge in [0.25, 0.3) is 0 Å². The molecule has 1 aliphatic rings. The van der Waals surface area contributed by atoms with Gasteiger partial charge in [0.1, 0.15) is 11.4 Å². The Kier molecular flexibility index (Phi) is 6.11. The van der Waals surface area contributed by atoms with Crippen molar-refractivity contribution in [2.45, 2.75) is 31.3 Å². The number of hydrogen-bond acceptors (Lipinski definition) is 5. The molecule has 2 aromatic rings. The minimum Gasteiger partial charge on any atom is -0.497 e. The van der Waals surface area contributed by atoms with E-state index in [1.54, 1.807) is 31.6 Å². The molecule has 5 nitrogen and oxygen atoms in total. The lowest BCUT2D eigenvalue weighted by Gasteiger charge is -2.45. The summed E-state index contributed by atoms with van der Waals surface area (Å²) in [4.78, 5) is 19.2. The monoisotopic (exact) mass is 368 g/mol. The fourth-order valence-electron chi connectivity index (χ4n) is 4.06. The molecule has 144 valence electrons. The zero-order valence-electron chi connectivity index (χ0n) is 16.4. The predicted molar refractivity (Wildman–Crippen MR) is 105 cm³/mol. The van der Waals surface area contributed by atoms with Crippen LogP contribution in [-0.4, -0.2) is 43.6 Å². The van der Waals surface area contributed by atoms with E-state index in [-0.39, 0.29) is 11.9 Å². The Bertz CT molecular complexity index is 763. The molecule has 0 aliphatic heterocycles. The summed E-state index contributed by atoms with van der Waals surface area (Å²) in [5.74, 6) is 0.670. The Morgan fingerprint density at radius 2 is 2.11 bits per heavy atom. The number of carbonyl (C=O) groups is 1. The van der Waals surface area contributed by atoms with Crippen molar-refractivity contribution in [3.05, 3.63) is 59.9 Å². The van der Waals surface area contributed by atoms with Gasteiger partial charge in [0.2, 0.25) is 0 Å². The molecule has 0 N–H and O–H groups in total. The first-order valence-electron chi connectivity index (χ1n) is 9.48. The molecule has 27 heavy (non-hydrogen) atoms. The normalized spacial score (nSPS) is 22.4. The zero-order valence-corrected chi connectivity index (χ0v) is 16.4. The minimum atomic E-state index is -0.663. The number of carbonyl (C=O) groups excluding carboxylic acids is 1. The Balaban J connectivity index is 2.02. The van der Waals surface area contributed by atoms with E-state index >= 15 is 0 Å². The molecule has 0 saturated heterocycles. The first-order valence-corrected chi connectivity index (χ1v) is 9.48. The van der Waals surface area contributed by atoms with Crippen LogP contribution in [0.2, 0.25) is 0 Å². The molecular formula is C22H28N2O3. The molecule has 0 amide bonds. The van der Waals surface area contributed by atoms with Crippen molar-refractivity contribution in [1.29, 1.82) is 0 Å². The number of hydrogen-bond donors (Lipinski definition) is 0. The first kappa shape index (κ1) is 19.4. The SMILES string of the molecule is COc1cccc([C@@]2(OC(=O)c3cccnc3)CCCC[C@@H]2CN(C)C)c1. The summed E-state index contributed by atoms with van der Waals surface area (Å²) < 4.78 is 11.7. The third-order valence-corrected chi connectivity index (χ3v) is 5.33. The highest BCUT2D eigenvalue weighted by Crippen LogP contribution is 2.46. The van der Waals surface area contributed by atoms with E-state index in [1.165, 1.54) is 0 Å². The van der Waals surface area contributed by atoms with Gasteiger partial charge in [-0.3, -0.25) is 4.98 Å². The maximum absolute atomic E-state index is 13.0. The molecule has 0 bridgehead atoms. The van der Waals surface area contributed by atoms with Crippen molar-refractivity contribution < 1.29 is 14.3 Å². The maximum Gasteiger partial charge on any atom is 0.340 e. The molecule has 1 saturated carbocycles. The standard InChI is InChI=1S/C22H28N2O3/c1-24(2)16-19-9-4-5-12-22(19,18-10-6-11-20(14-18)26-3)27-21(25)17-8-7-13-23-15-17/h6-8,10-11,13-15,19H,4-5,9,12,16H2,1-3H3/t19-,22+/m1/s1. The number of esters is 1. The summed E-state index contributed by atoms with van der Waals surface area (Å²) >= 11 is 0. The number of nitrogens with zero attached hydrogens (tertiary/aromatic N) is 2. The summed E-state index contributed by atoms with van der Waals surface area (Å²) in [6, 6.07) is 11.4. The van der Waals surface area contributed by atoms with Crippen LogP contribution in [0, 0.1) is 5.92 Å². The van der Waals surface area contributed by atoms with Gasteiger partial charge in [-0.15, -0.1) is 0 Å². The van der Waals surface area contributed by atoms with Crippen molar-refractivity contribution in [2.75, 3.05) is 27.7 Å². The predicted octanol–water partition coefficient (Wildman–Crippen LogP) is 3.89. The van der Waals surface area contributed by atoms with Crippen LogP contribution in [0.15, 0.2) is 48.8 Å². The molecule has 5 heteroatoms. The zero-order chi connectivity index (χ0) is 19.3. The van der Waals surface area contributed by atoms with Crippen molar-refractivity contribution in [2.24, 2.45) is 5.92 Å². The molecule has 1 aliphatic carbocycles. The van der Waals surface area contributed by atoms with Gasteiger partial charge in [0.15, 0.2) is 0 Å². The average Bonchev–Trinajstić information content (AvgIpc) is 2.70. The number of ether oxygens (including phenoxy) is 2. The molecule has 1 fully saturated rings. The number of benzene rings is 1. The Morgan fingerprint density at radius 1 is 1.26 bits per heavy atom. The first-order chi connectivity index (χ1) is 13.0. The van der Waals surface area contributed by atoms with Crippen molar-refractivity contribution in [3.8, 4) is 5.75 Å². The van der Waals surface area contributed by atoms with E-state index in [9.17, 15) is 4.79 Å². The fourth-order valence-corrected chi connectivity index (χ4v) is 4.06. The van der Waals surface area contributed by atoms with Gasteiger partial charge in [-0.05, 0) is 63.2 Å². The lowest BCUT2D eigenvalue weighted by Crippen LogP contribution is -2.46. The van der Waals surface area contributed by atoms with Crippen LogP contribution in [0.1, 0.15) is 41.6 Å². The van der Waals surface area contributed by atoms with Crippen LogP contribution in [0.25, 0.3) is 0 Å². The smallest absolute Gasteiger partial charge is 0.340 e. The largest absolute Gasteiger partial charge is 0.497 e. The van der Waals surface area contributed by atoms with Crippen molar-refractivity contribution in [3.63, 3.8) is 0 Å². The van der Waals surface area contributed by atoms with Gasteiger partial charge in [-0.25, -0.2) is 4.79 Å². The molecule has 0 spiro atoms. The molecule has 0 unspecified atom stereocenters. The Labute approximate surface area is 161 Å². The lowest BCUT2D eigenvalue weighted by molar-refractivity contribution is -0.0826. The molecule has 1 aromatic heterocycles. The third-order valence-electron chi connectivity index (χ3n) is 5.33. The highest BCUT2D eigenvalue weighted by atomic mass is 16.6. The van der Waals surface area contributed by atoms with Gasteiger partial charge in [-0.2, -0.15) is 0 Å². The molecular weight excluding hydrogens is 340 g/mol. The van der Waals surface area contributed by atoms with Gasteiger partial charge in [-0.1, -0.05) is 18.6 Å². The second kappa shape index (κ2) is 8.53. The van der Waals surface area contributed by atoms with Crippen LogP contribution >= 0.6 is 0 Å². The Morgan fingerprint density at radius 3 is 2.81 bits per heavy atom. The van der Waals surface area contributed by atoms with Gasteiger partial charge >= 0.3 is 5.97 Å². The topological polar surface area (TPSA) is 51.7 Å². The second-order valence-electron chi connectivity index (χ2n) is 7.46. The maximum atomic E-state index is 13.0. The third kappa shape index (κ3) is 4.30. The molecule has 0 radical (unpaired) electrons. The number of rotatable bonds is 6. The van der Waals surface area contributed by atoms with E-state index < -0.39 is 5.60 Å². The van der Waals surface area contributed by atoms with E-state index in [0.29, 0.717) is 5.56 Å². The van der Waals surface area contributed by atoms with Gasteiger partial charge < -0.3 is 14.4 Å². The van der Waals surface area contributed by atoms with Crippen LogP contribution in [-0.2, 0) is 10.3 Å². The molecule has 3 rings (SSSR count). The molecule has 1 heterocycles. The van der Waals surface area contributed by atoms with E-state index in [4.69, 9.17) is 9.47 Å². The van der Waals surface area contributed by atoms with Crippen LogP contribution in [0.5, 0.6) is 5.75 Å². The summed E-state index contributed by atoms with van der Waals surface area (Å²) in [7, 11) is 5.79.